The lowest BCUT2D eigenvalue weighted by molar-refractivity contribution is 0.295. The monoisotopic (exact) mass is 920 g/mol. The second-order valence-electron chi connectivity index (χ2n) is 14.9. The molecule has 0 aromatic heterocycles. The Kier molecular flexibility index (Phi) is 36.2. The highest BCUT2D eigenvalue weighted by molar-refractivity contribution is 6.85. The zero-order chi connectivity index (χ0) is 48.2. The fourth-order valence-corrected chi connectivity index (χ4v) is 6.31. The van der Waals surface area contributed by atoms with Gasteiger partial charge in [-0.3, -0.25) is 0 Å². The van der Waals surface area contributed by atoms with Crippen LogP contribution in [0, 0.1) is 5.82 Å². The van der Waals surface area contributed by atoms with Gasteiger partial charge in [0.05, 0.1) is 0 Å². The van der Waals surface area contributed by atoms with E-state index < -0.39 is 6.93 Å². The first-order valence-electron chi connectivity index (χ1n) is 22.9. The molecule has 0 spiro atoms. The number of halogens is 4. The Hall–Kier alpha value is -3.81. The summed E-state index contributed by atoms with van der Waals surface area (Å²) in [5, 5.41) is 42.0. The highest BCUT2D eigenvalue weighted by Crippen LogP contribution is 2.17. The first kappa shape index (κ1) is 58.5. The summed E-state index contributed by atoms with van der Waals surface area (Å²) in [5.74, 6) is -0.178. The summed E-state index contributed by atoms with van der Waals surface area (Å²) in [7, 11) is 12.3. The van der Waals surface area contributed by atoms with Crippen LogP contribution in [0.15, 0.2) is 158 Å². The van der Waals surface area contributed by atoms with E-state index in [1.54, 1.807) is 30.3 Å². The molecular formula is C34H60B15F4N15. The van der Waals surface area contributed by atoms with Crippen molar-refractivity contribution in [3.8, 4) is 11.1 Å². The molecule has 10 rings (SSSR count). The molecule has 5 saturated heterocycles. The Morgan fingerprint density at radius 2 is 0.735 bits per heavy atom. The molecular weight excluding hydrogens is 857 g/mol. The molecule has 0 radical (unpaired) electrons. The quantitative estimate of drug-likeness (QED) is 0.0577. The van der Waals surface area contributed by atoms with E-state index in [9.17, 15) is 17.6 Å². The molecule has 15 nitrogen and oxygen atoms in total. The minimum absolute atomic E-state index is 0.178. The van der Waals surface area contributed by atoms with Crippen molar-refractivity contribution in [2.75, 3.05) is 13.5 Å². The zero-order valence-electron chi connectivity index (χ0n) is 39.1. The normalized spacial score (nSPS) is 15.3. The SMILES string of the molecule is B1NBN(B2NBNBN2)BN1.B1NBN(CCB2NBNBN2)BN1.B1NBNBN1.FCF.FCc1ccccc1.Fc1ccccc1.c1ccc(-c2ccccc2)cc1.c1ccccc1. The number of benzene rings is 5. The van der Waals surface area contributed by atoms with E-state index in [-0.39, 0.29) is 19.6 Å². The fourth-order valence-electron chi connectivity index (χ4n) is 6.31. The average Bonchev–Trinajstić information content (AvgIpc) is 3.44. The summed E-state index contributed by atoms with van der Waals surface area (Å²) in [4.78, 5) is 0. The van der Waals surface area contributed by atoms with Gasteiger partial charge in [0.25, 0.3) is 105 Å². The Bertz CT molecular complexity index is 1710. The molecule has 68 heavy (non-hydrogen) atoms. The molecule has 0 unspecified atom stereocenters. The molecule has 0 bridgehead atoms. The van der Waals surface area contributed by atoms with Crippen molar-refractivity contribution in [1.29, 1.82) is 0 Å². The third kappa shape index (κ3) is 30.6. The van der Waals surface area contributed by atoms with Gasteiger partial charge in [-0.1, -0.05) is 146 Å². The predicted octanol–water partition coefficient (Wildman–Crippen LogP) is -5.86. The van der Waals surface area contributed by atoms with E-state index in [1.807, 2.05) is 66.7 Å². The molecule has 5 aromatic rings. The van der Waals surface area contributed by atoms with E-state index in [1.165, 1.54) is 23.3 Å². The summed E-state index contributed by atoms with van der Waals surface area (Å²) >= 11 is 0. The van der Waals surface area contributed by atoms with Crippen LogP contribution < -0.4 is 66.8 Å². The van der Waals surface area contributed by atoms with Gasteiger partial charge in [-0.05, 0) is 41.7 Å². The van der Waals surface area contributed by atoms with Crippen LogP contribution in [0.4, 0.5) is 17.6 Å². The Morgan fingerprint density at radius 1 is 0.397 bits per heavy atom. The van der Waals surface area contributed by atoms with Crippen molar-refractivity contribution >= 4 is 112 Å². The van der Waals surface area contributed by atoms with Gasteiger partial charge in [-0.25, -0.2) is 17.6 Å². The number of hydrogen-bond acceptors (Lipinski definition) is 15. The molecule has 5 aliphatic heterocycles. The second kappa shape index (κ2) is 42.1. The summed E-state index contributed by atoms with van der Waals surface area (Å²) < 4.78 is 47.5. The molecule has 5 fully saturated rings. The van der Waals surface area contributed by atoms with Gasteiger partial charge in [-0.15, -0.1) is 0 Å². The van der Waals surface area contributed by atoms with E-state index in [2.05, 4.69) is 125 Å². The van der Waals surface area contributed by atoms with Crippen LogP contribution in [0.25, 0.3) is 11.1 Å². The number of nitrogens with one attached hydrogen (secondary N) is 13. The standard InChI is InChI=1S/C12H10.C7H7F.C6H5F.C6H6.C2H14B6N6.CH2F2.B6H10N6.B3H6N3/c1-3-7-11(8-4-1)12-9-5-2-6-10-12;8-6-7-4-2-1-3-5-7;7-6-4-2-1-3-5-6;1-2-4-6-5-3-1;1(8-12-4-9-5-13-8)2-14-6-10-3-11-7-14;2-1-3;1-8-4-12(5-9-1)6-10-2-7-3-11-6;1-4-2-6-3-5-1/h1-10H;1-5H,6H2;1-5H;1-6H;3-7,9-13H,1-2H2;1H2;1-5,7-11H;1-6H. The topological polar surface area (TPSA) is 163 Å². The maximum atomic E-state index is 11.9. The van der Waals surface area contributed by atoms with Crippen LogP contribution in [0.1, 0.15) is 5.56 Å². The van der Waals surface area contributed by atoms with Crippen molar-refractivity contribution in [3.05, 3.63) is 169 Å². The molecule has 0 saturated carbocycles. The van der Waals surface area contributed by atoms with Crippen LogP contribution >= 0.6 is 0 Å². The third-order valence-corrected chi connectivity index (χ3v) is 9.72. The summed E-state index contributed by atoms with van der Waals surface area (Å²) in [5.41, 5.74) is 3.30. The van der Waals surface area contributed by atoms with Crippen LogP contribution in [-0.4, -0.2) is 135 Å². The first-order valence-corrected chi connectivity index (χ1v) is 22.9. The number of hydrogen-bond donors (Lipinski definition) is 13. The van der Waals surface area contributed by atoms with E-state index in [0.717, 1.165) is 117 Å². The van der Waals surface area contributed by atoms with Crippen molar-refractivity contribution in [2.45, 2.75) is 13.0 Å². The minimum Gasteiger partial charge on any atom is -0.379 e. The smallest absolute Gasteiger partial charge is 0.355 e. The predicted molar refractivity (Wildman–Crippen MR) is 302 cm³/mol. The van der Waals surface area contributed by atoms with Gasteiger partial charge < -0.3 is 76.2 Å². The Labute approximate surface area is 411 Å². The first-order chi connectivity index (χ1) is 33.6. The molecule has 344 valence electrons. The van der Waals surface area contributed by atoms with Crippen LogP contribution in [0.5, 0.6) is 0 Å². The lowest BCUT2D eigenvalue weighted by atomic mass is 9.62. The highest BCUT2D eigenvalue weighted by Gasteiger charge is 2.28. The van der Waals surface area contributed by atoms with E-state index >= 15 is 0 Å². The molecule has 34 heteroatoms. The second-order valence-corrected chi connectivity index (χ2v) is 14.9. The minimum atomic E-state index is -1.75. The molecule has 0 amide bonds. The maximum Gasteiger partial charge on any atom is 0.355 e. The molecule has 5 aliphatic rings. The zero-order valence-corrected chi connectivity index (χ0v) is 39.1. The van der Waals surface area contributed by atoms with Crippen LogP contribution in [0.2, 0.25) is 6.32 Å². The largest absolute Gasteiger partial charge is 0.379 e. The van der Waals surface area contributed by atoms with Crippen LogP contribution in [0.3, 0.4) is 0 Å². The lowest BCUT2D eigenvalue weighted by Crippen LogP contribution is -2.76. The van der Waals surface area contributed by atoms with E-state index in [0.29, 0.717) is 6.98 Å². The van der Waals surface area contributed by atoms with Crippen LogP contribution in [-0.2, 0) is 6.67 Å². The van der Waals surface area contributed by atoms with Gasteiger partial charge in [0, 0.05) is 0 Å². The van der Waals surface area contributed by atoms with Crippen molar-refractivity contribution in [2.24, 2.45) is 0 Å². The molecule has 5 aromatic carbocycles. The summed E-state index contributed by atoms with van der Waals surface area (Å²) in [6.07, 6.45) is 1.14. The summed E-state index contributed by atoms with van der Waals surface area (Å²) in [6, 6.07) is 49.8. The van der Waals surface area contributed by atoms with Crippen molar-refractivity contribution in [1.82, 2.24) is 76.2 Å². The van der Waals surface area contributed by atoms with Gasteiger partial charge in [0.15, 0.2) is 0 Å². The summed E-state index contributed by atoms with van der Waals surface area (Å²) in [6.45, 7) is -0.538. The van der Waals surface area contributed by atoms with E-state index in [4.69, 9.17) is 0 Å². The molecule has 13 N–H and O–H groups in total. The van der Waals surface area contributed by atoms with Gasteiger partial charge >= 0.3 is 7.12 Å². The molecule has 5 heterocycles. The van der Waals surface area contributed by atoms with Gasteiger partial charge in [0.2, 0.25) is 6.93 Å². The number of rotatable bonds is 6. The molecule has 0 atom stereocenters. The lowest BCUT2D eigenvalue weighted by Gasteiger charge is -2.34. The van der Waals surface area contributed by atoms with Gasteiger partial charge in [0.1, 0.15) is 12.5 Å². The molecule has 0 aliphatic carbocycles. The Balaban J connectivity index is 0.000000213. The van der Waals surface area contributed by atoms with Crippen molar-refractivity contribution < 1.29 is 17.6 Å². The maximum absolute atomic E-state index is 11.9. The highest BCUT2D eigenvalue weighted by atomic mass is 19.3. The van der Waals surface area contributed by atoms with Gasteiger partial charge in [-0.2, -0.15) is 0 Å². The fraction of sp³-hybridized carbons (Fsp3) is 0.118. The van der Waals surface area contributed by atoms with Crippen molar-refractivity contribution in [3.63, 3.8) is 0 Å². The number of alkyl halides is 3. The average molecular weight is 917 g/mol. The Morgan fingerprint density at radius 3 is 1.10 bits per heavy atom. The third-order valence-electron chi connectivity index (χ3n) is 9.72. The number of nitrogens with zero attached hydrogens (tertiary/aromatic N) is 2.